The monoisotopic (exact) mass is 239 g/mol. The summed E-state index contributed by atoms with van der Waals surface area (Å²) in [5.41, 5.74) is 12.0. The maximum absolute atomic E-state index is 10.2. The van der Waals surface area contributed by atoms with Crippen LogP contribution in [0.2, 0.25) is 0 Å². The van der Waals surface area contributed by atoms with Crippen molar-refractivity contribution in [2.75, 3.05) is 26.7 Å². The summed E-state index contributed by atoms with van der Waals surface area (Å²) < 4.78 is 0. The minimum Gasteiger partial charge on any atom is -0.404 e. The number of hydrogen-bond acceptors (Lipinski definition) is 6. The van der Waals surface area contributed by atoms with Crippen LogP contribution in [0.1, 0.15) is 12.8 Å². The Kier molecular flexibility index (Phi) is 5.48. The molecule has 1 heterocycles. The highest BCUT2D eigenvalue weighted by molar-refractivity contribution is 5.22. The predicted molar refractivity (Wildman–Crippen MR) is 68.9 cm³/mol. The molecule has 0 saturated carbocycles. The van der Waals surface area contributed by atoms with Gasteiger partial charge < -0.3 is 21.7 Å². The SMILES string of the molecule is CN(/C(N)=C/C(=C\N)CN=O)C1CCNCC1. The second-order valence-corrected chi connectivity index (χ2v) is 4.19. The minimum atomic E-state index is 0.0528. The van der Waals surface area contributed by atoms with Crippen LogP contribution in [0, 0.1) is 4.91 Å². The van der Waals surface area contributed by atoms with Gasteiger partial charge in [-0.25, -0.2) is 0 Å². The first-order valence-electron chi connectivity index (χ1n) is 5.79. The topological polar surface area (TPSA) is 96.7 Å². The number of hydrogen-bond donors (Lipinski definition) is 3. The van der Waals surface area contributed by atoms with Gasteiger partial charge in [-0.1, -0.05) is 5.18 Å². The van der Waals surface area contributed by atoms with E-state index in [2.05, 4.69) is 10.5 Å². The van der Waals surface area contributed by atoms with Crippen LogP contribution in [0.3, 0.4) is 0 Å². The lowest BCUT2D eigenvalue weighted by Gasteiger charge is -2.33. The van der Waals surface area contributed by atoms with Crippen molar-refractivity contribution in [1.82, 2.24) is 10.2 Å². The smallest absolute Gasteiger partial charge is 0.108 e. The number of nitrogens with two attached hydrogens (primary N) is 2. The quantitative estimate of drug-likeness (QED) is 0.466. The molecule has 1 saturated heterocycles. The molecular formula is C11H21N5O. The Morgan fingerprint density at radius 2 is 2.18 bits per heavy atom. The molecule has 5 N–H and O–H groups in total. The summed E-state index contributed by atoms with van der Waals surface area (Å²) in [6, 6.07) is 0.440. The number of rotatable bonds is 5. The highest BCUT2D eigenvalue weighted by Gasteiger charge is 2.18. The summed E-state index contributed by atoms with van der Waals surface area (Å²) in [5.74, 6) is 0.622. The second kappa shape index (κ2) is 6.90. The molecule has 0 aliphatic carbocycles. The van der Waals surface area contributed by atoms with Crippen molar-refractivity contribution >= 4 is 0 Å². The van der Waals surface area contributed by atoms with Crippen LogP contribution in [0.4, 0.5) is 0 Å². The molecule has 6 heteroatoms. The van der Waals surface area contributed by atoms with E-state index >= 15 is 0 Å². The van der Waals surface area contributed by atoms with Gasteiger partial charge in [0.1, 0.15) is 6.54 Å². The molecule has 1 aliphatic heterocycles. The second-order valence-electron chi connectivity index (χ2n) is 4.19. The summed E-state index contributed by atoms with van der Waals surface area (Å²) in [7, 11) is 1.96. The molecular weight excluding hydrogens is 218 g/mol. The Morgan fingerprint density at radius 1 is 1.53 bits per heavy atom. The fraction of sp³-hybridized carbons (Fsp3) is 0.636. The molecule has 96 valence electrons. The van der Waals surface area contributed by atoms with Crippen molar-refractivity contribution in [1.29, 1.82) is 0 Å². The van der Waals surface area contributed by atoms with Crippen LogP contribution < -0.4 is 16.8 Å². The van der Waals surface area contributed by atoms with Crippen LogP contribution in [0.5, 0.6) is 0 Å². The van der Waals surface area contributed by atoms with Gasteiger partial charge >= 0.3 is 0 Å². The zero-order valence-corrected chi connectivity index (χ0v) is 10.2. The lowest BCUT2D eigenvalue weighted by Crippen LogP contribution is -2.42. The number of nitrogens with zero attached hydrogens (tertiary/aromatic N) is 2. The summed E-state index contributed by atoms with van der Waals surface area (Å²) in [5, 5.41) is 6.11. The van der Waals surface area contributed by atoms with E-state index in [0.29, 0.717) is 17.4 Å². The molecule has 0 aromatic rings. The van der Waals surface area contributed by atoms with Crippen molar-refractivity contribution in [3.8, 4) is 0 Å². The van der Waals surface area contributed by atoms with Gasteiger partial charge in [0.15, 0.2) is 0 Å². The minimum absolute atomic E-state index is 0.0528. The molecule has 0 aromatic carbocycles. The van der Waals surface area contributed by atoms with Gasteiger partial charge in [0.2, 0.25) is 0 Å². The molecule has 0 atom stereocenters. The Hall–Kier alpha value is -1.56. The molecule has 0 spiro atoms. The Bertz CT molecular complexity index is 307. The largest absolute Gasteiger partial charge is 0.404 e. The number of nitrogens with one attached hydrogen (secondary N) is 1. The van der Waals surface area contributed by atoms with Crippen molar-refractivity contribution in [2.24, 2.45) is 16.6 Å². The van der Waals surface area contributed by atoms with Crippen LogP contribution in [0.15, 0.2) is 28.8 Å². The molecule has 6 nitrogen and oxygen atoms in total. The maximum Gasteiger partial charge on any atom is 0.108 e. The fourth-order valence-corrected chi connectivity index (χ4v) is 1.92. The van der Waals surface area contributed by atoms with Gasteiger partial charge in [-0.3, -0.25) is 0 Å². The van der Waals surface area contributed by atoms with Crippen molar-refractivity contribution in [3.63, 3.8) is 0 Å². The van der Waals surface area contributed by atoms with Crippen molar-refractivity contribution in [2.45, 2.75) is 18.9 Å². The van der Waals surface area contributed by atoms with E-state index in [0.717, 1.165) is 25.9 Å². The molecule has 0 unspecified atom stereocenters. The predicted octanol–water partition coefficient (Wildman–Crippen LogP) is 0.0793. The number of nitroso groups, excluding NO2 is 1. The maximum atomic E-state index is 10.2. The Labute approximate surface area is 102 Å². The third kappa shape index (κ3) is 4.07. The Morgan fingerprint density at radius 3 is 2.71 bits per heavy atom. The zero-order chi connectivity index (χ0) is 12.7. The lowest BCUT2D eigenvalue weighted by atomic mass is 10.1. The first-order valence-corrected chi connectivity index (χ1v) is 5.79. The third-order valence-electron chi connectivity index (χ3n) is 3.06. The Balaban J connectivity index is 2.63. The van der Waals surface area contributed by atoms with E-state index in [4.69, 9.17) is 11.5 Å². The normalized spacial score (nSPS) is 19.1. The van der Waals surface area contributed by atoms with Gasteiger partial charge in [-0.05, 0) is 43.8 Å². The molecule has 0 aromatic heterocycles. The van der Waals surface area contributed by atoms with Gasteiger partial charge in [0.25, 0.3) is 0 Å². The molecule has 0 amide bonds. The highest BCUT2D eigenvalue weighted by Crippen LogP contribution is 2.13. The molecule has 1 aliphatic rings. The van der Waals surface area contributed by atoms with Gasteiger partial charge in [-0.2, -0.15) is 4.91 Å². The van der Waals surface area contributed by atoms with Gasteiger partial charge in [-0.15, -0.1) is 0 Å². The summed E-state index contributed by atoms with van der Waals surface area (Å²) >= 11 is 0. The summed E-state index contributed by atoms with van der Waals surface area (Å²) in [6.07, 6.45) is 5.21. The molecule has 0 radical (unpaired) electrons. The van der Waals surface area contributed by atoms with E-state index in [9.17, 15) is 4.91 Å². The lowest BCUT2D eigenvalue weighted by molar-refractivity contribution is 0.243. The molecule has 17 heavy (non-hydrogen) atoms. The molecule has 0 bridgehead atoms. The first kappa shape index (κ1) is 13.5. The standard InChI is InChI=1S/C11H21N5O/c1-16(10-2-4-14-5-3-10)11(13)6-9(7-12)8-15-17/h6-7,10,14H,2-5,8,12-13H2,1H3/b9-7+,11-6+. The van der Waals surface area contributed by atoms with E-state index < -0.39 is 0 Å². The third-order valence-corrected chi connectivity index (χ3v) is 3.06. The van der Waals surface area contributed by atoms with E-state index in [1.807, 2.05) is 11.9 Å². The van der Waals surface area contributed by atoms with Gasteiger partial charge in [0.05, 0.1) is 5.82 Å². The van der Waals surface area contributed by atoms with E-state index in [-0.39, 0.29) is 6.54 Å². The number of piperidine rings is 1. The average molecular weight is 239 g/mol. The van der Waals surface area contributed by atoms with Crippen LogP contribution >= 0.6 is 0 Å². The summed E-state index contributed by atoms with van der Waals surface area (Å²) in [4.78, 5) is 12.2. The first-order chi connectivity index (χ1) is 8.19. The van der Waals surface area contributed by atoms with E-state index in [1.165, 1.54) is 6.20 Å². The van der Waals surface area contributed by atoms with Crippen molar-refractivity contribution in [3.05, 3.63) is 28.6 Å². The van der Waals surface area contributed by atoms with Crippen LogP contribution in [-0.2, 0) is 0 Å². The van der Waals surface area contributed by atoms with Crippen molar-refractivity contribution < 1.29 is 0 Å². The molecule has 1 fully saturated rings. The fourth-order valence-electron chi connectivity index (χ4n) is 1.92. The molecule has 1 rings (SSSR count). The van der Waals surface area contributed by atoms with E-state index in [1.54, 1.807) is 6.08 Å². The van der Waals surface area contributed by atoms with Crippen LogP contribution in [0.25, 0.3) is 0 Å². The average Bonchev–Trinajstić information content (AvgIpc) is 2.38. The van der Waals surface area contributed by atoms with Gasteiger partial charge in [0, 0.05) is 13.1 Å². The van der Waals surface area contributed by atoms with Crippen LogP contribution in [-0.4, -0.2) is 37.6 Å². The zero-order valence-electron chi connectivity index (χ0n) is 10.2. The summed E-state index contributed by atoms with van der Waals surface area (Å²) in [6.45, 7) is 2.08. The highest BCUT2D eigenvalue weighted by atomic mass is 16.3.